The Morgan fingerprint density at radius 3 is 2.58 bits per heavy atom. The lowest BCUT2D eigenvalue weighted by Crippen LogP contribution is -2.48. The molecule has 3 heterocycles. The Labute approximate surface area is 181 Å². The molecule has 1 saturated heterocycles. The molecule has 0 saturated carbocycles. The van der Waals surface area contributed by atoms with Crippen LogP contribution >= 0.6 is 0 Å². The summed E-state index contributed by atoms with van der Waals surface area (Å²) >= 11 is 0. The molecule has 1 aliphatic heterocycles. The van der Waals surface area contributed by atoms with Crippen LogP contribution in [0.4, 0.5) is 10.1 Å². The minimum absolute atomic E-state index is 0.163. The third-order valence-corrected chi connectivity index (χ3v) is 5.49. The van der Waals surface area contributed by atoms with E-state index < -0.39 is 0 Å². The Balaban J connectivity index is 1.41. The van der Waals surface area contributed by atoms with Gasteiger partial charge in [-0.1, -0.05) is 0 Å². The molecule has 1 aromatic carbocycles. The Kier molecular flexibility index (Phi) is 6.34. The molecule has 0 aliphatic carbocycles. The summed E-state index contributed by atoms with van der Waals surface area (Å²) in [4.78, 5) is 25.7. The standard InChI is InChI=1S/C24H26FN5O/c1-17-15-30(12-11-26-17)16-21-8-9-22(14-27-21)29(2)24(31)19-5-10-23(28-13-19)18-3-6-20(25)7-4-18/h3-10,13-14,17,26H,11-12,15-16H2,1-2H3. The first-order valence-electron chi connectivity index (χ1n) is 10.4. The van der Waals surface area contributed by atoms with Crippen LogP contribution in [0.1, 0.15) is 23.0 Å². The van der Waals surface area contributed by atoms with E-state index >= 15 is 0 Å². The Hall–Kier alpha value is -3.16. The number of aromatic nitrogens is 2. The van der Waals surface area contributed by atoms with E-state index in [0.717, 1.165) is 43.1 Å². The van der Waals surface area contributed by atoms with Crippen molar-refractivity contribution in [2.24, 2.45) is 0 Å². The normalized spacial score (nSPS) is 16.8. The van der Waals surface area contributed by atoms with Crippen LogP contribution in [0.25, 0.3) is 11.3 Å². The summed E-state index contributed by atoms with van der Waals surface area (Å²) in [5.74, 6) is -0.456. The number of carbonyl (C=O) groups is 1. The molecule has 7 heteroatoms. The van der Waals surface area contributed by atoms with Gasteiger partial charge in [0, 0.05) is 51.0 Å². The van der Waals surface area contributed by atoms with Crippen molar-refractivity contribution in [3.63, 3.8) is 0 Å². The van der Waals surface area contributed by atoms with Crippen LogP contribution in [0.3, 0.4) is 0 Å². The first-order chi connectivity index (χ1) is 15.0. The first-order valence-corrected chi connectivity index (χ1v) is 10.4. The lowest BCUT2D eigenvalue weighted by molar-refractivity contribution is 0.0992. The van der Waals surface area contributed by atoms with Crippen molar-refractivity contribution in [3.05, 3.63) is 78.0 Å². The van der Waals surface area contributed by atoms with Gasteiger partial charge in [0.05, 0.1) is 28.8 Å². The molecule has 1 amide bonds. The summed E-state index contributed by atoms with van der Waals surface area (Å²) in [5, 5.41) is 3.44. The minimum atomic E-state index is -0.292. The number of pyridine rings is 2. The van der Waals surface area contributed by atoms with E-state index in [2.05, 4.69) is 27.1 Å². The first kappa shape index (κ1) is 21.1. The second kappa shape index (κ2) is 9.32. The van der Waals surface area contributed by atoms with Gasteiger partial charge in [0.2, 0.25) is 0 Å². The molecule has 0 bridgehead atoms. The average molecular weight is 420 g/mol. The molecule has 160 valence electrons. The quantitative estimate of drug-likeness (QED) is 0.687. The molecule has 31 heavy (non-hydrogen) atoms. The number of hydrogen-bond acceptors (Lipinski definition) is 5. The van der Waals surface area contributed by atoms with Crippen molar-refractivity contribution < 1.29 is 9.18 Å². The lowest BCUT2D eigenvalue weighted by Gasteiger charge is -2.31. The van der Waals surface area contributed by atoms with Gasteiger partial charge in [-0.3, -0.25) is 19.7 Å². The summed E-state index contributed by atoms with van der Waals surface area (Å²) in [5.41, 5.74) is 3.68. The number of benzene rings is 1. The SMILES string of the molecule is CC1CN(Cc2ccc(N(C)C(=O)c3ccc(-c4ccc(F)cc4)nc3)cn2)CCN1. The lowest BCUT2D eigenvalue weighted by atomic mass is 10.1. The Bertz CT molecular complexity index is 1020. The molecular formula is C24H26FN5O. The van der Waals surface area contributed by atoms with E-state index in [-0.39, 0.29) is 11.7 Å². The average Bonchev–Trinajstić information content (AvgIpc) is 2.79. The van der Waals surface area contributed by atoms with Crippen molar-refractivity contribution in [2.45, 2.75) is 19.5 Å². The highest BCUT2D eigenvalue weighted by molar-refractivity contribution is 6.05. The highest BCUT2D eigenvalue weighted by atomic mass is 19.1. The number of nitrogens with zero attached hydrogens (tertiary/aromatic N) is 4. The number of piperazine rings is 1. The van der Waals surface area contributed by atoms with Gasteiger partial charge in [-0.05, 0) is 55.5 Å². The maximum Gasteiger partial charge on any atom is 0.259 e. The fraction of sp³-hybridized carbons (Fsp3) is 0.292. The van der Waals surface area contributed by atoms with Crippen molar-refractivity contribution in [1.29, 1.82) is 0 Å². The maximum absolute atomic E-state index is 13.1. The summed E-state index contributed by atoms with van der Waals surface area (Å²) in [6, 6.07) is 14.0. The van der Waals surface area contributed by atoms with Crippen LogP contribution in [0.15, 0.2) is 60.9 Å². The Morgan fingerprint density at radius 1 is 1.13 bits per heavy atom. The van der Waals surface area contributed by atoms with Gasteiger partial charge >= 0.3 is 0 Å². The van der Waals surface area contributed by atoms with Crippen molar-refractivity contribution in [1.82, 2.24) is 20.2 Å². The monoisotopic (exact) mass is 419 g/mol. The largest absolute Gasteiger partial charge is 0.312 e. The fourth-order valence-electron chi connectivity index (χ4n) is 3.72. The number of hydrogen-bond donors (Lipinski definition) is 1. The number of amides is 1. The zero-order chi connectivity index (χ0) is 21.8. The van der Waals surface area contributed by atoms with Gasteiger partial charge < -0.3 is 10.2 Å². The van der Waals surface area contributed by atoms with Crippen LogP contribution in [-0.4, -0.2) is 53.5 Å². The summed E-state index contributed by atoms with van der Waals surface area (Å²) in [7, 11) is 1.73. The van der Waals surface area contributed by atoms with E-state index in [9.17, 15) is 9.18 Å². The maximum atomic E-state index is 13.1. The van der Waals surface area contributed by atoms with Crippen LogP contribution < -0.4 is 10.2 Å². The van der Waals surface area contributed by atoms with Gasteiger partial charge in [-0.15, -0.1) is 0 Å². The van der Waals surface area contributed by atoms with Crippen LogP contribution in [-0.2, 0) is 6.54 Å². The zero-order valence-corrected chi connectivity index (χ0v) is 17.8. The third-order valence-electron chi connectivity index (χ3n) is 5.49. The molecule has 2 aromatic heterocycles. The highest BCUT2D eigenvalue weighted by Gasteiger charge is 2.17. The molecule has 1 fully saturated rings. The van der Waals surface area contributed by atoms with Gasteiger partial charge in [0.25, 0.3) is 5.91 Å². The Morgan fingerprint density at radius 2 is 1.94 bits per heavy atom. The zero-order valence-electron chi connectivity index (χ0n) is 17.8. The molecule has 6 nitrogen and oxygen atoms in total. The summed E-state index contributed by atoms with van der Waals surface area (Å²) in [6.07, 6.45) is 3.28. The molecule has 1 aliphatic rings. The number of anilines is 1. The van der Waals surface area contributed by atoms with Gasteiger partial charge in [-0.25, -0.2) is 4.39 Å². The second-order valence-corrected chi connectivity index (χ2v) is 7.90. The fourth-order valence-corrected chi connectivity index (χ4v) is 3.72. The van der Waals surface area contributed by atoms with Gasteiger partial charge in [0.15, 0.2) is 0 Å². The topological polar surface area (TPSA) is 61.4 Å². The van der Waals surface area contributed by atoms with Crippen molar-refractivity contribution in [2.75, 3.05) is 31.6 Å². The summed E-state index contributed by atoms with van der Waals surface area (Å²) < 4.78 is 13.1. The number of nitrogens with one attached hydrogen (secondary N) is 1. The van der Waals surface area contributed by atoms with E-state index in [0.29, 0.717) is 17.3 Å². The second-order valence-electron chi connectivity index (χ2n) is 7.90. The van der Waals surface area contributed by atoms with Crippen molar-refractivity contribution in [3.8, 4) is 11.3 Å². The van der Waals surface area contributed by atoms with E-state index in [1.807, 2.05) is 12.1 Å². The molecule has 3 aromatic rings. The predicted octanol–water partition coefficient (Wildman–Crippen LogP) is 3.35. The van der Waals surface area contributed by atoms with E-state index in [4.69, 9.17) is 0 Å². The third kappa shape index (κ3) is 5.13. The van der Waals surface area contributed by atoms with Crippen LogP contribution in [0, 0.1) is 5.82 Å². The predicted molar refractivity (Wildman–Crippen MR) is 119 cm³/mol. The van der Waals surface area contributed by atoms with E-state index in [1.165, 1.54) is 12.1 Å². The summed E-state index contributed by atoms with van der Waals surface area (Å²) in [6.45, 7) is 5.99. The number of rotatable bonds is 5. The molecule has 1 N–H and O–H groups in total. The van der Waals surface area contributed by atoms with Crippen LogP contribution in [0.2, 0.25) is 0 Å². The molecule has 1 atom stereocenters. The number of carbonyl (C=O) groups excluding carboxylic acids is 1. The molecule has 4 rings (SSSR count). The minimum Gasteiger partial charge on any atom is -0.312 e. The van der Waals surface area contributed by atoms with Gasteiger partial charge in [0.1, 0.15) is 5.82 Å². The molecule has 1 unspecified atom stereocenters. The molecule has 0 spiro atoms. The van der Waals surface area contributed by atoms with Gasteiger partial charge in [-0.2, -0.15) is 0 Å². The van der Waals surface area contributed by atoms with E-state index in [1.54, 1.807) is 48.6 Å². The highest BCUT2D eigenvalue weighted by Crippen LogP contribution is 2.20. The van der Waals surface area contributed by atoms with Crippen LogP contribution in [0.5, 0.6) is 0 Å². The number of halogens is 1. The smallest absolute Gasteiger partial charge is 0.259 e. The molecule has 0 radical (unpaired) electrons. The molecular weight excluding hydrogens is 393 g/mol. The van der Waals surface area contributed by atoms with Crippen molar-refractivity contribution >= 4 is 11.6 Å².